The molecule has 2 aliphatic rings. The van der Waals surface area contributed by atoms with E-state index in [0.29, 0.717) is 6.04 Å². The second-order valence-electron chi connectivity index (χ2n) is 6.73. The molecule has 0 aromatic carbocycles. The first-order chi connectivity index (χ1) is 11.8. The zero-order chi connectivity index (χ0) is 16.6. The molecule has 0 bridgehead atoms. The van der Waals surface area contributed by atoms with Crippen molar-refractivity contribution in [3.8, 4) is 0 Å². The van der Waals surface area contributed by atoms with E-state index in [2.05, 4.69) is 38.0 Å². The summed E-state index contributed by atoms with van der Waals surface area (Å²) in [6.45, 7) is 4.95. The average molecular weight is 351 g/mol. The molecule has 1 saturated heterocycles. The number of nitrogens with one attached hydrogen (secondary N) is 2. The summed E-state index contributed by atoms with van der Waals surface area (Å²) in [4.78, 5) is 6.83. The summed E-state index contributed by atoms with van der Waals surface area (Å²) >= 11 is 1.83. The smallest absolute Gasteiger partial charge is 0.191 e. The zero-order valence-corrected chi connectivity index (χ0v) is 15.5. The van der Waals surface area contributed by atoms with Crippen molar-refractivity contribution in [1.29, 1.82) is 0 Å². The van der Waals surface area contributed by atoms with Gasteiger partial charge in [0.25, 0.3) is 0 Å². The Bertz CT molecular complexity index is 493. The number of hydrogen-bond acceptors (Lipinski definition) is 4. The van der Waals surface area contributed by atoms with Gasteiger partial charge in [-0.3, -0.25) is 4.99 Å². The molecule has 3 rings (SSSR count). The lowest BCUT2D eigenvalue weighted by atomic mass is 10.1. The van der Waals surface area contributed by atoms with Crippen LogP contribution in [0.1, 0.15) is 32.1 Å². The van der Waals surface area contributed by atoms with E-state index < -0.39 is 0 Å². The van der Waals surface area contributed by atoms with Crippen LogP contribution < -0.4 is 15.5 Å². The predicted octanol–water partition coefficient (Wildman–Crippen LogP) is 2.70. The Kier molecular flexibility index (Phi) is 6.78. The SMILES string of the molecule is CN=C(NCCCOCC1CC1)NC1CCN(c2cccs2)CC1. The van der Waals surface area contributed by atoms with Crippen LogP contribution in [0.4, 0.5) is 5.00 Å². The van der Waals surface area contributed by atoms with E-state index in [1.165, 1.54) is 17.8 Å². The van der Waals surface area contributed by atoms with E-state index in [1.807, 2.05) is 18.4 Å². The van der Waals surface area contributed by atoms with Gasteiger partial charge < -0.3 is 20.3 Å². The van der Waals surface area contributed by atoms with E-state index in [0.717, 1.165) is 64.0 Å². The Labute approximate surface area is 149 Å². The number of anilines is 1. The largest absolute Gasteiger partial charge is 0.381 e. The summed E-state index contributed by atoms with van der Waals surface area (Å²) in [5.41, 5.74) is 0. The van der Waals surface area contributed by atoms with E-state index in [9.17, 15) is 0 Å². The molecule has 2 heterocycles. The van der Waals surface area contributed by atoms with Gasteiger partial charge in [0.2, 0.25) is 0 Å². The van der Waals surface area contributed by atoms with Gasteiger partial charge in [-0.2, -0.15) is 0 Å². The normalized spacial score (nSPS) is 19.5. The van der Waals surface area contributed by atoms with Crippen LogP contribution in [0.2, 0.25) is 0 Å². The molecular weight excluding hydrogens is 320 g/mol. The highest BCUT2D eigenvalue weighted by atomic mass is 32.1. The molecule has 134 valence electrons. The Hall–Kier alpha value is -1.27. The number of ether oxygens (including phenoxy) is 1. The van der Waals surface area contributed by atoms with Gasteiger partial charge in [-0.1, -0.05) is 0 Å². The number of piperidine rings is 1. The van der Waals surface area contributed by atoms with Gasteiger partial charge in [0.05, 0.1) is 5.00 Å². The molecule has 2 fully saturated rings. The molecule has 6 heteroatoms. The molecule has 0 atom stereocenters. The van der Waals surface area contributed by atoms with Crippen molar-refractivity contribution in [3.05, 3.63) is 17.5 Å². The first-order valence-electron chi connectivity index (χ1n) is 9.18. The topological polar surface area (TPSA) is 48.9 Å². The number of hydrogen-bond donors (Lipinski definition) is 2. The molecule has 24 heavy (non-hydrogen) atoms. The fraction of sp³-hybridized carbons (Fsp3) is 0.722. The van der Waals surface area contributed by atoms with Crippen LogP contribution in [-0.2, 0) is 4.74 Å². The first-order valence-corrected chi connectivity index (χ1v) is 10.1. The van der Waals surface area contributed by atoms with Crippen LogP contribution in [0.25, 0.3) is 0 Å². The third kappa shape index (κ3) is 5.67. The maximum atomic E-state index is 5.67. The summed E-state index contributed by atoms with van der Waals surface area (Å²) in [6.07, 6.45) is 6.07. The Morgan fingerprint density at radius 2 is 2.17 bits per heavy atom. The highest BCUT2D eigenvalue weighted by Gasteiger charge is 2.21. The summed E-state index contributed by atoms with van der Waals surface area (Å²) in [7, 11) is 1.85. The van der Waals surface area contributed by atoms with Crippen molar-refractivity contribution in [1.82, 2.24) is 10.6 Å². The van der Waals surface area contributed by atoms with Crippen LogP contribution in [0.15, 0.2) is 22.5 Å². The maximum Gasteiger partial charge on any atom is 0.191 e. The highest BCUT2D eigenvalue weighted by molar-refractivity contribution is 7.14. The highest BCUT2D eigenvalue weighted by Crippen LogP contribution is 2.28. The number of nitrogens with zero attached hydrogens (tertiary/aromatic N) is 2. The lowest BCUT2D eigenvalue weighted by Crippen LogP contribution is -2.48. The van der Waals surface area contributed by atoms with Gasteiger partial charge in [0, 0.05) is 45.9 Å². The number of thiophene rings is 1. The fourth-order valence-corrected chi connectivity index (χ4v) is 3.78. The lowest BCUT2D eigenvalue weighted by Gasteiger charge is -2.33. The molecule has 1 aliphatic carbocycles. The van der Waals surface area contributed by atoms with Crippen molar-refractivity contribution in [2.24, 2.45) is 10.9 Å². The predicted molar refractivity (Wildman–Crippen MR) is 102 cm³/mol. The summed E-state index contributed by atoms with van der Waals surface area (Å²) in [5.74, 6) is 1.78. The second kappa shape index (κ2) is 9.28. The van der Waals surface area contributed by atoms with Gasteiger partial charge in [0.15, 0.2) is 5.96 Å². The first kappa shape index (κ1) is 17.5. The van der Waals surface area contributed by atoms with Crippen molar-refractivity contribution in [3.63, 3.8) is 0 Å². The van der Waals surface area contributed by atoms with Crippen molar-refractivity contribution in [2.75, 3.05) is 44.8 Å². The molecule has 1 saturated carbocycles. The van der Waals surface area contributed by atoms with Gasteiger partial charge in [-0.05, 0) is 55.5 Å². The summed E-state index contributed by atoms with van der Waals surface area (Å²) in [5, 5.41) is 10.5. The Morgan fingerprint density at radius 1 is 1.33 bits per heavy atom. The minimum absolute atomic E-state index is 0.513. The molecule has 1 aromatic heterocycles. The van der Waals surface area contributed by atoms with E-state index in [1.54, 1.807) is 0 Å². The van der Waals surface area contributed by atoms with Gasteiger partial charge in [-0.25, -0.2) is 0 Å². The number of guanidine groups is 1. The van der Waals surface area contributed by atoms with E-state index in [-0.39, 0.29) is 0 Å². The van der Waals surface area contributed by atoms with Gasteiger partial charge >= 0.3 is 0 Å². The van der Waals surface area contributed by atoms with Gasteiger partial charge in [0.1, 0.15) is 0 Å². The third-order valence-corrected chi connectivity index (χ3v) is 5.61. The van der Waals surface area contributed by atoms with Crippen molar-refractivity contribution < 1.29 is 4.74 Å². The second-order valence-corrected chi connectivity index (χ2v) is 7.65. The molecule has 2 N–H and O–H groups in total. The van der Waals surface area contributed by atoms with E-state index >= 15 is 0 Å². The number of aliphatic imine (C=N–C) groups is 1. The molecule has 1 aliphatic heterocycles. The standard InChI is InChI=1S/C18H30N4OS/c1-19-18(20-9-3-12-23-14-15-5-6-15)21-16-7-10-22(11-8-16)17-4-2-13-24-17/h2,4,13,15-16H,3,5-12,14H2,1H3,(H2,19,20,21). The van der Waals surface area contributed by atoms with Crippen LogP contribution in [0, 0.1) is 5.92 Å². The molecular formula is C18H30N4OS. The summed E-state index contributed by atoms with van der Waals surface area (Å²) in [6, 6.07) is 4.85. The average Bonchev–Trinajstić information content (AvgIpc) is 3.28. The summed E-state index contributed by atoms with van der Waals surface area (Å²) < 4.78 is 5.67. The Morgan fingerprint density at radius 3 is 2.83 bits per heavy atom. The third-order valence-electron chi connectivity index (χ3n) is 4.69. The quantitative estimate of drug-likeness (QED) is 0.430. The zero-order valence-electron chi connectivity index (χ0n) is 14.7. The van der Waals surface area contributed by atoms with Crippen LogP contribution in [-0.4, -0.2) is 51.9 Å². The van der Waals surface area contributed by atoms with Crippen molar-refractivity contribution >= 4 is 22.3 Å². The van der Waals surface area contributed by atoms with Crippen LogP contribution >= 0.6 is 11.3 Å². The molecule has 5 nitrogen and oxygen atoms in total. The minimum atomic E-state index is 0.513. The van der Waals surface area contributed by atoms with Gasteiger partial charge in [-0.15, -0.1) is 11.3 Å². The van der Waals surface area contributed by atoms with Crippen molar-refractivity contribution in [2.45, 2.75) is 38.1 Å². The Balaban J connectivity index is 1.28. The fourth-order valence-electron chi connectivity index (χ4n) is 3.00. The molecule has 0 amide bonds. The maximum absolute atomic E-state index is 5.67. The molecule has 0 unspecified atom stereocenters. The minimum Gasteiger partial charge on any atom is -0.381 e. The van der Waals surface area contributed by atoms with E-state index in [4.69, 9.17) is 4.74 Å². The van der Waals surface area contributed by atoms with Crippen LogP contribution in [0.5, 0.6) is 0 Å². The van der Waals surface area contributed by atoms with Crippen LogP contribution in [0.3, 0.4) is 0 Å². The lowest BCUT2D eigenvalue weighted by molar-refractivity contribution is 0.123. The monoisotopic (exact) mass is 350 g/mol. The number of rotatable bonds is 8. The molecule has 0 spiro atoms. The molecule has 1 aromatic rings. The molecule has 0 radical (unpaired) electrons.